The van der Waals surface area contributed by atoms with E-state index in [-0.39, 0.29) is 12.0 Å². The van der Waals surface area contributed by atoms with Crippen molar-refractivity contribution in [3.63, 3.8) is 0 Å². The quantitative estimate of drug-likeness (QED) is 0.698. The van der Waals surface area contributed by atoms with Crippen molar-refractivity contribution in [1.82, 2.24) is 15.0 Å². The van der Waals surface area contributed by atoms with Crippen molar-refractivity contribution in [3.05, 3.63) is 10.5 Å². The second-order valence-electron chi connectivity index (χ2n) is 3.65. The van der Waals surface area contributed by atoms with Gasteiger partial charge < -0.3 is 9.47 Å². The maximum atomic E-state index is 11.2. The van der Waals surface area contributed by atoms with Crippen LogP contribution in [0.5, 0.6) is 12.0 Å². The number of nitrogens with one attached hydrogen (secondary N) is 1. The highest BCUT2D eigenvalue weighted by atomic mass is 16.5. The Morgan fingerprint density at radius 2 is 1.71 bits per heavy atom. The van der Waals surface area contributed by atoms with E-state index in [0.717, 1.165) is 25.7 Å². The van der Waals surface area contributed by atoms with E-state index in [9.17, 15) is 4.79 Å². The Bertz CT molecular complexity index is 347. The van der Waals surface area contributed by atoms with Crippen molar-refractivity contribution in [2.45, 2.75) is 39.5 Å². The summed E-state index contributed by atoms with van der Waals surface area (Å²) in [6, 6.07) is 0.249. The maximum absolute atomic E-state index is 11.2. The highest BCUT2D eigenvalue weighted by Gasteiger charge is 2.04. The molecule has 0 radical (unpaired) electrons. The van der Waals surface area contributed by atoms with Gasteiger partial charge in [-0.3, -0.25) is 4.98 Å². The summed E-state index contributed by atoms with van der Waals surface area (Å²) in [6.45, 7) is 5.15. The van der Waals surface area contributed by atoms with E-state index in [0.29, 0.717) is 13.2 Å². The van der Waals surface area contributed by atoms with Gasteiger partial charge in [-0.1, -0.05) is 26.7 Å². The monoisotopic (exact) mass is 241 g/mol. The Balaban J connectivity index is 2.56. The molecule has 0 saturated carbocycles. The van der Waals surface area contributed by atoms with E-state index >= 15 is 0 Å². The van der Waals surface area contributed by atoms with E-state index < -0.39 is 5.69 Å². The Morgan fingerprint density at radius 1 is 1.06 bits per heavy atom. The maximum Gasteiger partial charge on any atom is 0.353 e. The lowest BCUT2D eigenvalue weighted by atomic mass is 10.4. The predicted molar refractivity (Wildman–Crippen MR) is 63.5 cm³/mol. The third-order valence-corrected chi connectivity index (χ3v) is 2.07. The van der Waals surface area contributed by atoms with Crippen LogP contribution >= 0.6 is 0 Å². The molecule has 1 aromatic rings. The number of aromatic nitrogens is 3. The minimum absolute atomic E-state index is 0.0775. The molecule has 0 aliphatic heterocycles. The molecule has 6 nitrogen and oxygen atoms in total. The SMILES string of the molecule is CCCCOc1nc(OCCCC)[nH]c(=O)n1. The van der Waals surface area contributed by atoms with Gasteiger partial charge in [-0.2, -0.15) is 0 Å². The summed E-state index contributed by atoms with van der Waals surface area (Å²) in [5.41, 5.74) is -0.502. The first-order valence-corrected chi connectivity index (χ1v) is 6.00. The van der Waals surface area contributed by atoms with Crippen LogP contribution in [0, 0.1) is 0 Å². The van der Waals surface area contributed by atoms with Crippen LogP contribution in [-0.2, 0) is 0 Å². The fourth-order valence-corrected chi connectivity index (χ4v) is 1.10. The molecule has 0 unspecified atom stereocenters. The lowest BCUT2D eigenvalue weighted by Gasteiger charge is -2.05. The van der Waals surface area contributed by atoms with Gasteiger partial charge in [0.05, 0.1) is 13.2 Å². The van der Waals surface area contributed by atoms with Crippen molar-refractivity contribution >= 4 is 0 Å². The molecule has 1 heterocycles. The van der Waals surface area contributed by atoms with Crippen LogP contribution in [0.15, 0.2) is 4.79 Å². The standard InChI is InChI=1S/C11H19N3O3/c1-3-5-7-16-10-12-9(15)13-11(14-10)17-8-6-4-2/h3-8H2,1-2H3,(H,12,13,14,15). The van der Waals surface area contributed by atoms with Crippen LogP contribution in [-0.4, -0.2) is 28.2 Å². The molecular formula is C11H19N3O3. The van der Waals surface area contributed by atoms with Gasteiger partial charge in [0, 0.05) is 0 Å². The summed E-state index contributed by atoms with van der Waals surface area (Å²) in [7, 11) is 0. The number of ether oxygens (including phenoxy) is 2. The smallest absolute Gasteiger partial charge is 0.353 e. The minimum Gasteiger partial charge on any atom is -0.465 e. The molecule has 0 spiro atoms. The van der Waals surface area contributed by atoms with Crippen LogP contribution in [0.4, 0.5) is 0 Å². The van der Waals surface area contributed by atoms with Gasteiger partial charge in [0.25, 0.3) is 0 Å². The molecule has 17 heavy (non-hydrogen) atoms. The molecule has 6 heteroatoms. The van der Waals surface area contributed by atoms with Crippen LogP contribution < -0.4 is 15.2 Å². The molecule has 96 valence electrons. The van der Waals surface area contributed by atoms with Crippen LogP contribution in [0.1, 0.15) is 39.5 Å². The van der Waals surface area contributed by atoms with Gasteiger partial charge in [0.1, 0.15) is 0 Å². The fourth-order valence-electron chi connectivity index (χ4n) is 1.10. The molecule has 1 N–H and O–H groups in total. The summed E-state index contributed by atoms with van der Waals surface area (Å²) in [6.07, 6.45) is 3.86. The van der Waals surface area contributed by atoms with Gasteiger partial charge in [-0.25, -0.2) is 4.79 Å². The van der Waals surface area contributed by atoms with Crippen LogP contribution in [0.2, 0.25) is 0 Å². The van der Waals surface area contributed by atoms with Crippen molar-refractivity contribution in [2.75, 3.05) is 13.2 Å². The predicted octanol–water partition coefficient (Wildman–Crippen LogP) is 1.52. The highest BCUT2D eigenvalue weighted by molar-refractivity contribution is 4.99. The second-order valence-corrected chi connectivity index (χ2v) is 3.65. The first-order chi connectivity index (χ1) is 8.26. The molecule has 0 saturated heterocycles. The van der Waals surface area contributed by atoms with E-state index in [1.165, 1.54) is 0 Å². The molecule has 0 fully saturated rings. The topological polar surface area (TPSA) is 77.1 Å². The zero-order valence-electron chi connectivity index (χ0n) is 10.4. The molecule has 0 bridgehead atoms. The summed E-state index contributed by atoms with van der Waals surface area (Å²) in [5.74, 6) is 0. The van der Waals surface area contributed by atoms with Crippen LogP contribution in [0.25, 0.3) is 0 Å². The number of aromatic amines is 1. The average Bonchev–Trinajstić information content (AvgIpc) is 2.29. The zero-order valence-corrected chi connectivity index (χ0v) is 10.4. The summed E-state index contributed by atoms with van der Waals surface area (Å²) < 4.78 is 10.5. The molecule has 1 aromatic heterocycles. The van der Waals surface area contributed by atoms with Crippen molar-refractivity contribution in [1.29, 1.82) is 0 Å². The molecule has 0 aromatic carbocycles. The number of hydrogen-bond donors (Lipinski definition) is 1. The third kappa shape index (κ3) is 5.33. The normalized spacial score (nSPS) is 10.2. The Hall–Kier alpha value is -1.59. The molecule has 1 rings (SSSR count). The van der Waals surface area contributed by atoms with Gasteiger partial charge in [-0.05, 0) is 12.8 Å². The Kier molecular flexibility index (Phi) is 6.06. The molecular weight excluding hydrogens is 222 g/mol. The first-order valence-electron chi connectivity index (χ1n) is 6.00. The molecule has 0 atom stereocenters. The Morgan fingerprint density at radius 3 is 2.35 bits per heavy atom. The number of rotatable bonds is 8. The van der Waals surface area contributed by atoms with Gasteiger partial charge in [0.15, 0.2) is 0 Å². The minimum atomic E-state index is -0.502. The largest absolute Gasteiger partial charge is 0.465 e. The van der Waals surface area contributed by atoms with E-state index in [4.69, 9.17) is 9.47 Å². The van der Waals surface area contributed by atoms with E-state index in [1.807, 2.05) is 0 Å². The second kappa shape index (κ2) is 7.65. The van der Waals surface area contributed by atoms with Gasteiger partial charge in [-0.15, -0.1) is 9.97 Å². The first kappa shape index (κ1) is 13.5. The highest BCUT2D eigenvalue weighted by Crippen LogP contribution is 2.05. The summed E-state index contributed by atoms with van der Waals surface area (Å²) >= 11 is 0. The number of nitrogens with zero attached hydrogens (tertiary/aromatic N) is 2. The number of H-pyrrole nitrogens is 1. The van der Waals surface area contributed by atoms with Gasteiger partial charge >= 0.3 is 17.7 Å². The fraction of sp³-hybridized carbons (Fsp3) is 0.727. The zero-order chi connectivity index (χ0) is 12.5. The third-order valence-electron chi connectivity index (χ3n) is 2.07. The average molecular weight is 241 g/mol. The lowest BCUT2D eigenvalue weighted by molar-refractivity contribution is 0.253. The number of hydrogen-bond acceptors (Lipinski definition) is 5. The van der Waals surface area contributed by atoms with E-state index in [1.54, 1.807) is 0 Å². The van der Waals surface area contributed by atoms with E-state index in [2.05, 4.69) is 28.8 Å². The van der Waals surface area contributed by atoms with Crippen molar-refractivity contribution in [2.24, 2.45) is 0 Å². The molecule has 0 aliphatic rings. The Labute approximate surface area is 100 Å². The summed E-state index contributed by atoms with van der Waals surface area (Å²) in [5, 5.41) is 0. The summed E-state index contributed by atoms with van der Waals surface area (Å²) in [4.78, 5) is 21.2. The van der Waals surface area contributed by atoms with Gasteiger partial charge in [0.2, 0.25) is 0 Å². The lowest BCUT2D eigenvalue weighted by Crippen LogP contribution is -2.16. The molecule has 0 amide bonds. The van der Waals surface area contributed by atoms with Crippen molar-refractivity contribution in [3.8, 4) is 12.0 Å². The number of unbranched alkanes of at least 4 members (excludes halogenated alkanes) is 2. The van der Waals surface area contributed by atoms with Crippen LogP contribution in [0.3, 0.4) is 0 Å². The molecule has 0 aliphatic carbocycles. The van der Waals surface area contributed by atoms with Crippen molar-refractivity contribution < 1.29 is 9.47 Å².